The first-order chi connectivity index (χ1) is 37.5. The van der Waals surface area contributed by atoms with E-state index in [1.165, 1.54) is 128 Å². The average Bonchev–Trinajstić information content (AvgIpc) is 3.42. The third kappa shape index (κ3) is 60.7. The van der Waals surface area contributed by atoms with Crippen LogP contribution in [0.1, 0.15) is 284 Å². The molecule has 0 aliphatic carbocycles. The molecule has 0 heterocycles. The van der Waals surface area contributed by atoms with Gasteiger partial charge in [0.2, 0.25) is 0 Å². The molecule has 0 rings (SSSR count). The molecule has 6 heteroatoms. The van der Waals surface area contributed by atoms with Crippen molar-refractivity contribution in [3.8, 4) is 0 Å². The van der Waals surface area contributed by atoms with Gasteiger partial charge in [-0.05, 0) is 109 Å². The molecule has 0 aliphatic rings. The van der Waals surface area contributed by atoms with Crippen molar-refractivity contribution in [3.63, 3.8) is 0 Å². The summed E-state index contributed by atoms with van der Waals surface area (Å²) in [5.41, 5.74) is 0. The van der Waals surface area contributed by atoms with Gasteiger partial charge >= 0.3 is 17.9 Å². The van der Waals surface area contributed by atoms with E-state index in [0.29, 0.717) is 19.3 Å². The van der Waals surface area contributed by atoms with Crippen LogP contribution in [0.15, 0.2) is 122 Å². The smallest absolute Gasteiger partial charge is 0.306 e. The van der Waals surface area contributed by atoms with Crippen molar-refractivity contribution in [2.24, 2.45) is 0 Å². The summed E-state index contributed by atoms with van der Waals surface area (Å²) in [6.45, 7) is 6.47. The van der Waals surface area contributed by atoms with Crippen molar-refractivity contribution in [2.75, 3.05) is 13.2 Å². The molecule has 0 spiro atoms. The molecule has 1 unspecified atom stereocenters. The van der Waals surface area contributed by atoms with Crippen LogP contribution in [0.5, 0.6) is 0 Å². The number of rotatable bonds is 56. The molecule has 1 atom stereocenters. The molecule has 76 heavy (non-hydrogen) atoms. The number of esters is 3. The van der Waals surface area contributed by atoms with E-state index >= 15 is 0 Å². The largest absolute Gasteiger partial charge is 0.462 e. The van der Waals surface area contributed by atoms with E-state index in [0.717, 1.165) is 109 Å². The van der Waals surface area contributed by atoms with Gasteiger partial charge in [-0.1, -0.05) is 277 Å². The summed E-state index contributed by atoms with van der Waals surface area (Å²) in [6, 6.07) is 0. The summed E-state index contributed by atoms with van der Waals surface area (Å²) in [5, 5.41) is 0. The Balaban J connectivity index is 4.45. The topological polar surface area (TPSA) is 78.9 Å². The second-order valence-corrected chi connectivity index (χ2v) is 20.6. The maximum absolute atomic E-state index is 12.9. The molecule has 0 aromatic rings. The van der Waals surface area contributed by atoms with Gasteiger partial charge in [0.05, 0.1) is 0 Å². The second-order valence-electron chi connectivity index (χ2n) is 20.6. The number of allylic oxidation sites excluding steroid dienone is 20. The molecular formula is C70H116O6. The molecule has 0 saturated carbocycles. The van der Waals surface area contributed by atoms with Gasteiger partial charge in [-0.25, -0.2) is 0 Å². The maximum atomic E-state index is 12.9. The minimum absolute atomic E-state index is 0.0997. The predicted octanol–water partition coefficient (Wildman–Crippen LogP) is 21.6. The number of ether oxygens (including phenoxy) is 3. The molecule has 0 bridgehead atoms. The Morgan fingerprint density at radius 1 is 0.276 bits per heavy atom. The van der Waals surface area contributed by atoms with Crippen LogP contribution in [0.25, 0.3) is 0 Å². The lowest BCUT2D eigenvalue weighted by Gasteiger charge is -2.18. The van der Waals surface area contributed by atoms with E-state index in [4.69, 9.17) is 14.2 Å². The molecule has 0 N–H and O–H groups in total. The van der Waals surface area contributed by atoms with Crippen LogP contribution >= 0.6 is 0 Å². The number of hydrogen-bond acceptors (Lipinski definition) is 6. The Labute approximate surface area is 469 Å². The van der Waals surface area contributed by atoms with Crippen LogP contribution in [0.3, 0.4) is 0 Å². The second kappa shape index (κ2) is 63.3. The third-order valence-electron chi connectivity index (χ3n) is 13.2. The minimum Gasteiger partial charge on any atom is -0.462 e. The number of hydrogen-bond donors (Lipinski definition) is 0. The summed E-state index contributed by atoms with van der Waals surface area (Å²) in [5.74, 6) is -0.966. The third-order valence-corrected chi connectivity index (χ3v) is 13.2. The monoisotopic (exact) mass is 1050 g/mol. The Kier molecular flexibility index (Phi) is 59.9. The van der Waals surface area contributed by atoms with Gasteiger partial charge in [-0.2, -0.15) is 0 Å². The number of carbonyl (C=O) groups excluding carboxylic acids is 3. The highest BCUT2D eigenvalue weighted by atomic mass is 16.6. The van der Waals surface area contributed by atoms with Crippen molar-refractivity contribution in [2.45, 2.75) is 290 Å². The molecule has 0 radical (unpaired) electrons. The predicted molar refractivity (Wildman–Crippen MR) is 330 cm³/mol. The van der Waals surface area contributed by atoms with Crippen molar-refractivity contribution < 1.29 is 28.6 Å². The fraction of sp³-hybridized carbons (Fsp3) is 0.671. The van der Waals surface area contributed by atoms with Crippen molar-refractivity contribution in [3.05, 3.63) is 122 Å². The highest BCUT2D eigenvalue weighted by molar-refractivity contribution is 5.71. The van der Waals surface area contributed by atoms with Crippen LogP contribution < -0.4 is 0 Å². The van der Waals surface area contributed by atoms with E-state index in [2.05, 4.69) is 142 Å². The lowest BCUT2D eigenvalue weighted by atomic mass is 10.0. The molecule has 6 nitrogen and oxygen atoms in total. The molecular weight excluding hydrogens is 937 g/mol. The lowest BCUT2D eigenvalue weighted by Crippen LogP contribution is -2.30. The van der Waals surface area contributed by atoms with Crippen LogP contribution in [0, 0.1) is 0 Å². The van der Waals surface area contributed by atoms with Crippen LogP contribution in [-0.2, 0) is 28.6 Å². The van der Waals surface area contributed by atoms with Gasteiger partial charge in [0.15, 0.2) is 6.10 Å². The summed E-state index contributed by atoms with van der Waals surface area (Å²) in [4.78, 5) is 38.2. The van der Waals surface area contributed by atoms with E-state index in [1.54, 1.807) is 0 Å². The van der Waals surface area contributed by atoms with E-state index in [9.17, 15) is 14.4 Å². The van der Waals surface area contributed by atoms with Gasteiger partial charge in [0, 0.05) is 19.3 Å². The zero-order valence-corrected chi connectivity index (χ0v) is 49.5. The number of unbranched alkanes of at least 4 members (excludes halogenated alkanes) is 25. The lowest BCUT2D eigenvalue weighted by molar-refractivity contribution is -0.167. The van der Waals surface area contributed by atoms with Crippen molar-refractivity contribution >= 4 is 17.9 Å². The van der Waals surface area contributed by atoms with Gasteiger partial charge in [0.1, 0.15) is 13.2 Å². The molecule has 0 fully saturated rings. The summed E-state index contributed by atoms with van der Waals surface area (Å²) < 4.78 is 16.9. The number of carbonyl (C=O) groups is 3. The van der Waals surface area contributed by atoms with Gasteiger partial charge < -0.3 is 14.2 Å². The molecule has 0 aromatic heterocycles. The first-order valence-electron chi connectivity index (χ1n) is 31.5. The fourth-order valence-corrected chi connectivity index (χ4v) is 8.50. The quantitative estimate of drug-likeness (QED) is 0.0261. The van der Waals surface area contributed by atoms with Gasteiger partial charge in [0.25, 0.3) is 0 Å². The first-order valence-corrected chi connectivity index (χ1v) is 31.5. The zero-order chi connectivity index (χ0) is 55.0. The average molecular weight is 1050 g/mol. The summed E-state index contributed by atoms with van der Waals surface area (Å²) >= 11 is 0. The first kappa shape index (κ1) is 71.8. The highest BCUT2D eigenvalue weighted by Gasteiger charge is 2.19. The van der Waals surface area contributed by atoms with E-state index < -0.39 is 6.10 Å². The normalized spacial score (nSPS) is 12.9. The van der Waals surface area contributed by atoms with Crippen molar-refractivity contribution in [1.82, 2.24) is 0 Å². The Bertz CT molecular complexity index is 1590. The van der Waals surface area contributed by atoms with Crippen LogP contribution in [0.4, 0.5) is 0 Å². The SMILES string of the molecule is CC/C=C\C/C=C\C/C=C\C/C=C\C/C=C\C/C=C\C/C=C\CCCC(=O)OCC(COC(=O)CCCCCCCCCCCCCC)OC(=O)CCCCCCCCCC/C=C\C/C=C\C/C=C\CCCCCCC. The van der Waals surface area contributed by atoms with E-state index in [1.807, 2.05) is 0 Å². The molecule has 432 valence electrons. The van der Waals surface area contributed by atoms with Gasteiger partial charge in [-0.3, -0.25) is 14.4 Å². The highest BCUT2D eigenvalue weighted by Crippen LogP contribution is 2.15. The standard InChI is InChI=1S/C70H116O6/c1-4-7-10-13-16-19-22-25-27-29-31-33-35-37-39-41-43-45-48-51-54-57-60-63-69(72)75-66-67(65-74-68(71)62-59-56-53-50-47-24-21-18-15-12-9-6-3)76-70(73)64-61-58-55-52-49-46-44-42-40-38-36-34-32-30-28-26-23-20-17-14-11-8-5-2/h7,10,16,19,23,25-27,30-33,36-39,43,45,51,54,67H,4-6,8-9,11-15,17-18,20-22,24,28-29,34-35,40-42,44,46-50,52-53,55-66H2,1-3H3/b10-7-,19-16-,26-23-,27-25-,32-30-,33-31-,38-36-,39-37-,45-43-,54-51-. The Morgan fingerprint density at radius 3 is 0.855 bits per heavy atom. The molecule has 0 aromatic carbocycles. The fourth-order valence-electron chi connectivity index (χ4n) is 8.50. The van der Waals surface area contributed by atoms with Crippen LogP contribution in [-0.4, -0.2) is 37.2 Å². The molecule has 0 amide bonds. The molecule has 0 aliphatic heterocycles. The van der Waals surface area contributed by atoms with Crippen LogP contribution in [0.2, 0.25) is 0 Å². The maximum Gasteiger partial charge on any atom is 0.306 e. The molecule has 0 saturated heterocycles. The zero-order valence-electron chi connectivity index (χ0n) is 49.5. The van der Waals surface area contributed by atoms with E-state index in [-0.39, 0.29) is 37.5 Å². The summed E-state index contributed by atoms with van der Waals surface area (Å²) in [7, 11) is 0. The summed E-state index contributed by atoms with van der Waals surface area (Å²) in [6.07, 6.45) is 87.7. The minimum atomic E-state index is -0.808. The Morgan fingerprint density at radius 2 is 0.526 bits per heavy atom. The Hall–Kier alpha value is -4.19. The van der Waals surface area contributed by atoms with Crippen molar-refractivity contribution in [1.29, 1.82) is 0 Å². The van der Waals surface area contributed by atoms with Gasteiger partial charge in [-0.15, -0.1) is 0 Å².